The first-order valence-electron chi connectivity index (χ1n) is 26.3. The molecule has 3 N–H and O–H groups in total. The summed E-state index contributed by atoms with van der Waals surface area (Å²) < 4.78 is 19.6. The molecule has 6 heterocycles. The zero-order chi connectivity index (χ0) is 52.8. The summed E-state index contributed by atoms with van der Waals surface area (Å²) in [5.41, 5.74) is 9.60. The number of benzene rings is 2. The number of phenolic OH excluding ortho intramolecular Hbond substituents is 1. The van der Waals surface area contributed by atoms with Crippen molar-refractivity contribution in [2.75, 3.05) is 79.8 Å². The molecule has 2 aromatic carbocycles. The van der Waals surface area contributed by atoms with E-state index in [0.29, 0.717) is 64.1 Å². The smallest absolute Gasteiger partial charge is 0.324 e. The second kappa shape index (κ2) is 23.5. The number of fused-ring (bicyclic) bond motifs is 6. The first-order valence-corrected chi connectivity index (χ1v) is 26.3. The van der Waals surface area contributed by atoms with Crippen LogP contribution in [0.25, 0.3) is 33.3 Å². The zero-order valence-electron chi connectivity index (χ0n) is 44.4. The van der Waals surface area contributed by atoms with Gasteiger partial charge in [0.15, 0.2) is 0 Å². The number of pyridine rings is 1. The normalized spacial score (nSPS) is 21.3. The van der Waals surface area contributed by atoms with Crippen LogP contribution < -0.4 is 10.7 Å². The van der Waals surface area contributed by atoms with Crippen LogP contribution in [0, 0.1) is 35.0 Å². The Morgan fingerprint density at radius 3 is 2.55 bits per heavy atom. The number of amides is 4. The van der Waals surface area contributed by atoms with E-state index in [1.165, 1.54) is 5.01 Å². The van der Waals surface area contributed by atoms with E-state index in [1.807, 2.05) is 39.0 Å². The fourth-order valence-electron chi connectivity index (χ4n) is 10.9. The van der Waals surface area contributed by atoms with E-state index in [0.717, 1.165) is 57.6 Å². The van der Waals surface area contributed by atoms with Gasteiger partial charge < -0.3 is 39.0 Å². The van der Waals surface area contributed by atoms with E-state index in [4.69, 9.17) is 19.2 Å². The molecule has 0 saturated carbocycles. The number of phenols is 1. The molecule has 17 heteroatoms. The summed E-state index contributed by atoms with van der Waals surface area (Å²) in [6.07, 6.45) is 3.49. The molecule has 8 rings (SSSR count). The minimum absolute atomic E-state index is 0.00225. The Labute approximate surface area is 435 Å². The van der Waals surface area contributed by atoms with Gasteiger partial charge in [0.25, 0.3) is 11.8 Å². The number of cyclic esters (lactones) is 1. The van der Waals surface area contributed by atoms with Crippen LogP contribution in [0.2, 0.25) is 0 Å². The van der Waals surface area contributed by atoms with Gasteiger partial charge in [-0.2, -0.15) is 0 Å². The molecule has 0 spiro atoms. The Balaban J connectivity index is 1.09. The minimum atomic E-state index is -1.13. The van der Waals surface area contributed by atoms with E-state index in [9.17, 15) is 29.1 Å². The van der Waals surface area contributed by atoms with Crippen LogP contribution in [0.15, 0.2) is 54.7 Å². The molecule has 4 aliphatic heterocycles. The predicted molar refractivity (Wildman–Crippen MR) is 281 cm³/mol. The van der Waals surface area contributed by atoms with Crippen LogP contribution in [0.5, 0.6) is 5.75 Å². The van der Waals surface area contributed by atoms with E-state index < -0.39 is 47.1 Å². The number of aromatic nitrogens is 2. The Kier molecular flexibility index (Phi) is 17.1. The standard InChI is InChI=1S/C57H74N8O9/c1-9-64-49-17-16-39-31-44(49)45(52(64)43-13-10-19-58-51(43)37(4)72-8)32-57(5,6)35-74-56(71)47-14-11-21-65(60-47)55(70)48(29-38-27-41(39)30-42(66)28-38)59-53(68)46(36(2)3)34-61(7)54(69)40-18-22-63(33-40)50(67)15-12-20-62-23-25-73-26-24-62/h10,13,16-17,19,27-28,30-31,36-37,40,46-48,60,66H,9,11,14,18,20-26,29,32-35H2,1-8H3,(H,59,68)/t37-,40-,46?,47-,48-/m0/s1. The number of methoxy groups -OCH3 is 1. The molecule has 5 atom stereocenters. The van der Waals surface area contributed by atoms with E-state index >= 15 is 0 Å². The first-order chi connectivity index (χ1) is 35.4. The van der Waals surface area contributed by atoms with Gasteiger partial charge in [0.05, 0.1) is 55.7 Å². The Morgan fingerprint density at radius 1 is 1.03 bits per heavy atom. The number of hydrogen-bond acceptors (Lipinski definition) is 12. The first kappa shape index (κ1) is 54.0. The van der Waals surface area contributed by atoms with Gasteiger partial charge in [0.2, 0.25) is 11.8 Å². The average molecular weight is 1020 g/mol. The quantitative estimate of drug-likeness (QED) is 0.129. The summed E-state index contributed by atoms with van der Waals surface area (Å²) in [6.45, 7) is 17.2. The number of ether oxygens (including phenoxy) is 3. The monoisotopic (exact) mass is 1010 g/mol. The molecule has 74 heavy (non-hydrogen) atoms. The molecule has 17 nitrogen and oxygen atoms in total. The van der Waals surface area contributed by atoms with Gasteiger partial charge in [0.1, 0.15) is 17.8 Å². The van der Waals surface area contributed by atoms with Crippen molar-refractivity contribution in [1.29, 1.82) is 0 Å². The fraction of sp³-hybridized carbons (Fsp3) is 0.544. The summed E-state index contributed by atoms with van der Waals surface area (Å²) in [5, 5.41) is 16.9. The second-order valence-corrected chi connectivity index (χ2v) is 21.5. The lowest BCUT2D eigenvalue weighted by Crippen LogP contribution is -2.61. The summed E-state index contributed by atoms with van der Waals surface area (Å²) in [6, 6.07) is 13.6. The molecule has 0 radical (unpaired) electrons. The van der Waals surface area contributed by atoms with E-state index in [-0.39, 0.29) is 62.2 Å². The molecule has 6 bridgehead atoms. The third-order valence-electron chi connectivity index (χ3n) is 15.1. The number of likely N-dealkylation sites (tertiary alicyclic amines) is 1. The van der Waals surface area contributed by atoms with Crippen molar-refractivity contribution in [1.82, 2.24) is 40.0 Å². The van der Waals surface area contributed by atoms with Gasteiger partial charge in [-0.15, -0.1) is 0 Å². The Morgan fingerprint density at radius 2 is 1.81 bits per heavy atom. The van der Waals surface area contributed by atoms with Crippen LogP contribution >= 0.6 is 0 Å². The number of nitrogens with zero attached hydrogens (tertiary/aromatic N) is 6. The number of hydrazine groups is 1. The van der Waals surface area contributed by atoms with Crippen molar-refractivity contribution in [3.05, 3.63) is 71.5 Å². The minimum Gasteiger partial charge on any atom is -0.508 e. The third-order valence-corrected chi connectivity index (χ3v) is 15.1. The van der Waals surface area contributed by atoms with Gasteiger partial charge in [0, 0.05) is 94.5 Å². The van der Waals surface area contributed by atoms with Crippen LogP contribution in [-0.2, 0) is 57.6 Å². The topological polar surface area (TPSA) is 188 Å². The fourth-order valence-corrected chi connectivity index (χ4v) is 10.9. The van der Waals surface area contributed by atoms with E-state index in [2.05, 4.69) is 71.0 Å². The number of carbonyl (C=O) groups is 5. The lowest BCUT2D eigenvalue weighted by atomic mass is 9.84. The van der Waals surface area contributed by atoms with Gasteiger partial charge in [-0.1, -0.05) is 45.7 Å². The van der Waals surface area contributed by atoms with Crippen molar-refractivity contribution < 1.29 is 43.3 Å². The van der Waals surface area contributed by atoms with Gasteiger partial charge in [-0.25, -0.2) is 5.43 Å². The van der Waals surface area contributed by atoms with Crippen LogP contribution in [0.1, 0.15) is 83.7 Å². The molecule has 1 unspecified atom stereocenters. The average Bonchev–Trinajstić information content (AvgIpc) is 4.02. The lowest BCUT2D eigenvalue weighted by Gasteiger charge is -2.36. The number of nitrogens with one attached hydrogen (secondary N) is 2. The zero-order valence-corrected chi connectivity index (χ0v) is 44.4. The highest BCUT2D eigenvalue weighted by atomic mass is 16.5. The number of rotatable bonds is 11. The van der Waals surface area contributed by atoms with Crippen LogP contribution in [-0.4, -0.2) is 156 Å². The van der Waals surface area contributed by atoms with Crippen LogP contribution in [0.3, 0.4) is 0 Å². The summed E-state index contributed by atoms with van der Waals surface area (Å²) >= 11 is 0. The van der Waals surface area contributed by atoms with Gasteiger partial charge >= 0.3 is 5.97 Å². The van der Waals surface area contributed by atoms with E-state index in [1.54, 1.807) is 42.3 Å². The SMILES string of the molecule is CCn1c(-c2cccnc2[C@H](C)OC)c2c3cc(ccc31)-c1cc(O)cc(c1)C[C@H](NC(=O)C(CN(C)C(=O)[C@H]1CCN(C(=O)C#CCN3CCOCC3)C1)C(C)C)C(=O)N1CCC[C@H](N1)C(=O)OCC(C)(C)C2. The van der Waals surface area contributed by atoms with Crippen molar-refractivity contribution in [3.63, 3.8) is 0 Å². The molecular formula is C57H74N8O9. The molecule has 396 valence electrons. The maximum atomic E-state index is 14.8. The number of hydrogen-bond donors (Lipinski definition) is 3. The molecule has 4 aromatic rings. The second-order valence-electron chi connectivity index (χ2n) is 21.5. The molecule has 4 amide bonds. The van der Waals surface area contributed by atoms with Crippen molar-refractivity contribution in [2.24, 2.45) is 23.2 Å². The molecule has 0 aliphatic carbocycles. The number of morpholine rings is 1. The third kappa shape index (κ3) is 12.3. The number of aryl methyl sites for hydroxylation is 1. The number of aromatic hydroxyl groups is 1. The summed E-state index contributed by atoms with van der Waals surface area (Å²) in [4.78, 5) is 80.5. The number of carbonyl (C=O) groups excluding carboxylic acids is 5. The maximum absolute atomic E-state index is 14.8. The molecule has 2 aromatic heterocycles. The molecule has 3 saturated heterocycles. The van der Waals surface area contributed by atoms with Crippen LogP contribution in [0.4, 0.5) is 0 Å². The predicted octanol–water partition coefficient (Wildman–Crippen LogP) is 5.37. The largest absolute Gasteiger partial charge is 0.508 e. The lowest BCUT2D eigenvalue weighted by molar-refractivity contribution is -0.155. The van der Waals surface area contributed by atoms with Crippen molar-refractivity contribution >= 4 is 40.5 Å². The number of esters is 1. The Hall–Kier alpha value is -6.32. The van der Waals surface area contributed by atoms with Gasteiger partial charge in [-0.3, -0.25) is 38.9 Å². The highest BCUT2D eigenvalue weighted by Crippen LogP contribution is 2.42. The maximum Gasteiger partial charge on any atom is 0.324 e. The van der Waals surface area contributed by atoms with Crippen molar-refractivity contribution in [3.8, 4) is 40.0 Å². The van der Waals surface area contributed by atoms with Crippen molar-refractivity contribution in [2.45, 2.75) is 98.4 Å². The molecular weight excluding hydrogens is 941 g/mol. The molecule has 4 aliphatic rings. The summed E-state index contributed by atoms with van der Waals surface area (Å²) in [7, 11) is 3.34. The highest BCUT2D eigenvalue weighted by Gasteiger charge is 2.38. The van der Waals surface area contributed by atoms with Gasteiger partial charge in [-0.05, 0) is 110 Å². The summed E-state index contributed by atoms with van der Waals surface area (Å²) in [5.74, 6) is 2.51. The highest BCUT2D eigenvalue weighted by molar-refractivity contribution is 5.96. The molecule has 3 fully saturated rings. The Bertz CT molecular complexity index is 2790.